The molecule has 1 rings (SSSR count). The van der Waals surface area contributed by atoms with Crippen molar-refractivity contribution in [1.29, 1.82) is 0 Å². The molecule has 1 saturated heterocycles. The normalized spacial score (nSPS) is 17.0. The van der Waals surface area contributed by atoms with Gasteiger partial charge >= 0.3 is 5.97 Å². The van der Waals surface area contributed by atoms with Crippen LogP contribution < -0.4 is 5.32 Å². The van der Waals surface area contributed by atoms with Crippen molar-refractivity contribution in [1.82, 2.24) is 10.2 Å². The highest BCUT2D eigenvalue weighted by atomic mass is 32.2. The van der Waals surface area contributed by atoms with Gasteiger partial charge in [-0.05, 0) is 31.9 Å². The van der Waals surface area contributed by atoms with Gasteiger partial charge in [0.05, 0.1) is 12.5 Å². The summed E-state index contributed by atoms with van der Waals surface area (Å²) in [6.45, 7) is 6.66. The third-order valence-corrected chi connectivity index (χ3v) is 6.23. The lowest BCUT2D eigenvalue weighted by Gasteiger charge is -2.32. The van der Waals surface area contributed by atoms with Gasteiger partial charge in [-0.15, -0.1) is 0 Å². The zero-order chi connectivity index (χ0) is 15.9. The highest BCUT2D eigenvalue weighted by Gasteiger charge is 2.28. The van der Waals surface area contributed by atoms with Crippen LogP contribution in [0.5, 0.6) is 0 Å². The van der Waals surface area contributed by atoms with E-state index in [9.17, 15) is 9.59 Å². The van der Waals surface area contributed by atoms with E-state index in [0.29, 0.717) is 32.5 Å². The van der Waals surface area contributed by atoms with E-state index < -0.39 is 5.97 Å². The van der Waals surface area contributed by atoms with Crippen LogP contribution in [0.1, 0.15) is 39.5 Å². The molecule has 0 radical (unpaired) electrons. The van der Waals surface area contributed by atoms with E-state index in [1.165, 1.54) is 0 Å². The summed E-state index contributed by atoms with van der Waals surface area (Å²) in [5.41, 5.74) is 0. The summed E-state index contributed by atoms with van der Waals surface area (Å²) in [6.07, 6.45) is 5.42. The van der Waals surface area contributed by atoms with Crippen LogP contribution in [0.3, 0.4) is 0 Å². The fourth-order valence-corrected chi connectivity index (χ4v) is 3.57. The SMILES string of the molecule is CCC(CC)(CNCC(=O)N1CCC(C(=O)O)CC1)SC. The lowest BCUT2D eigenvalue weighted by atomic mass is 9.97. The molecule has 0 atom stereocenters. The second kappa shape index (κ2) is 8.63. The van der Waals surface area contributed by atoms with Crippen LogP contribution in [0, 0.1) is 5.92 Å². The van der Waals surface area contributed by atoms with E-state index in [0.717, 1.165) is 19.4 Å². The van der Waals surface area contributed by atoms with Crippen molar-refractivity contribution in [3.8, 4) is 0 Å². The highest BCUT2D eigenvalue weighted by Crippen LogP contribution is 2.29. The minimum absolute atomic E-state index is 0.0843. The summed E-state index contributed by atoms with van der Waals surface area (Å²) in [5, 5.41) is 12.2. The standard InChI is InChI=1S/C15H28N2O3S/c1-4-15(5-2,21-3)11-16-10-13(18)17-8-6-12(7-9-17)14(19)20/h12,16H,4-11H2,1-3H3,(H,19,20). The van der Waals surface area contributed by atoms with E-state index in [1.807, 2.05) is 11.8 Å². The summed E-state index contributed by atoms with van der Waals surface area (Å²) in [4.78, 5) is 24.8. The van der Waals surface area contributed by atoms with Gasteiger partial charge in [-0.2, -0.15) is 11.8 Å². The van der Waals surface area contributed by atoms with E-state index in [2.05, 4.69) is 25.4 Å². The third-order valence-electron chi connectivity index (χ3n) is 4.64. The molecular formula is C15H28N2O3S. The number of hydrogen-bond acceptors (Lipinski definition) is 4. The fourth-order valence-electron chi connectivity index (χ4n) is 2.75. The topological polar surface area (TPSA) is 69.6 Å². The van der Waals surface area contributed by atoms with Gasteiger partial charge in [-0.25, -0.2) is 0 Å². The molecule has 122 valence electrons. The maximum Gasteiger partial charge on any atom is 0.306 e. The largest absolute Gasteiger partial charge is 0.481 e. The van der Waals surface area contributed by atoms with E-state index in [-0.39, 0.29) is 16.6 Å². The van der Waals surface area contributed by atoms with Crippen LogP contribution in [0.25, 0.3) is 0 Å². The number of carbonyl (C=O) groups is 2. The van der Waals surface area contributed by atoms with Crippen LogP contribution in [-0.4, -0.2) is 59.1 Å². The molecule has 0 spiro atoms. The maximum absolute atomic E-state index is 12.1. The number of piperidine rings is 1. The smallest absolute Gasteiger partial charge is 0.306 e. The Morgan fingerprint density at radius 2 is 1.86 bits per heavy atom. The summed E-state index contributed by atoms with van der Waals surface area (Å²) >= 11 is 1.86. The summed E-state index contributed by atoms with van der Waals surface area (Å²) in [7, 11) is 0. The summed E-state index contributed by atoms with van der Waals surface area (Å²) in [6, 6.07) is 0. The number of carboxylic acids is 1. The number of rotatable bonds is 8. The van der Waals surface area contributed by atoms with Crippen molar-refractivity contribution in [2.75, 3.05) is 32.4 Å². The number of thioether (sulfide) groups is 1. The number of carbonyl (C=O) groups excluding carboxylic acids is 1. The predicted octanol–water partition coefficient (Wildman–Crippen LogP) is 1.82. The Labute approximate surface area is 131 Å². The Morgan fingerprint density at radius 1 is 1.29 bits per heavy atom. The van der Waals surface area contributed by atoms with Gasteiger partial charge in [0.15, 0.2) is 0 Å². The number of nitrogens with one attached hydrogen (secondary N) is 1. The number of hydrogen-bond donors (Lipinski definition) is 2. The third kappa shape index (κ3) is 5.18. The monoisotopic (exact) mass is 316 g/mol. The molecule has 5 nitrogen and oxygen atoms in total. The maximum atomic E-state index is 12.1. The molecule has 1 heterocycles. The number of carboxylic acid groups (broad SMARTS) is 1. The van der Waals surface area contributed by atoms with Crippen LogP contribution in [0.4, 0.5) is 0 Å². The zero-order valence-corrected chi connectivity index (χ0v) is 14.2. The molecule has 0 aromatic heterocycles. The summed E-state index contributed by atoms with van der Waals surface area (Å²) in [5.74, 6) is -0.941. The van der Waals surface area contributed by atoms with Crippen LogP contribution in [0.15, 0.2) is 0 Å². The Hall–Kier alpha value is -0.750. The number of aliphatic carboxylic acids is 1. The number of amides is 1. The van der Waals surface area contributed by atoms with Crippen molar-refractivity contribution >= 4 is 23.6 Å². The summed E-state index contributed by atoms with van der Waals surface area (Å²) < 4.78 is 0.205. The second-order valence-corrected chi connectivity index (χ2v) is 6.97. The first-order chi connectivity index (χ1) is 9.98. The lowest BCUT2D eigenvalue weighted by molar-refractivity contribution is -0.145. The van der Waals surface area contributed by atoms with Crippen molar-refractivity contribution in [2.24, 2.45) is 5.92 Å². The highest BCUT2D eigenvalue weighted by molar-refractivity contribution is 8.00. The lowest BCUT2D eigenvalue weighted by Crippen LogP contribution is -2.46. The molecule has 6 heteroatoms. The molecule has 0 unspecified atom stereocenters. The van der Waals surface area contributed by atoms with Gasteiger partial charge in [-0.3, -0.25) is 9.59 Å². The first-order valence-electron chi connectivity index (χ1n) is 7.74. The predicted molar refractivity (Wildman–Crippen MR) is 86.6 cm³/mol. The Bertz CT molecular complexity index is 343. The Morgan fingerprint density at radius 3 is 2.29 bits per heavy atom. The van der Waals surface area contributed by atoms with Gasteiger partial charge in [0.25, 0.3) is 0 Å². The van der Waals surface area contributed by atoms with Crippen LogP contribution >= 0.6 is 11.8 Å². The van der Waals surface area contributed by atoms with E-state index in [4.69, 9.17) is 5.11 Å². The van der Waals surface area contributed by atoms with Crippen molar-refractivity contribution in [3.05, 3.63) is 0 Å². The van der Waals surface area contributed by atoms with Gasteiger partial charge in [0, 0.05) is 24.4 Å². The molecule has 1 amide bonds. The molecule has 0 saturated carbocycles. The van der Waals surface area contributed by atoms with Crippen LogP contribution in [0.2, 0.25) is 0 Å². The number of likely N-dealkylation sites (tertiary alicyclic amines) is 1. The molecule has 1 aliphatic rings. The molecule has 1 fully saturated rings. The first-order valence-corrected chi connectivity index (χ1v) is 8.97. The molecular weight excluding hydrogens is 288 g/mol. The number of nitrogens with zero attached hydrogens (tertiary/aromatic N) is 1. The molecule has 0 aliphatic carbocycles. The molecule has 0 aromatic carbocycles. The molecule has 2 N–H and O–H groups in total. The first kappa shape index (κ1) is 18.3. The van der Waals surface area contributed by atoms with Gasteiger partial charge in [0.1, 0.15) is 0 Å². The minimum atomic E-state index is -0.740. The molecule has 1 aliphatic heterocycles. The van der Waals surface area contributed by atoms with Crippen molar-refractivity contribution in [2.45, 2.75) is 44.3 Å². The Kier molecular flexibility index (Phi) is 7.52. The van der Waals surface area contributed by atoms with Gasteiger partial charge in [-0.1, -0.05) is 13.8 Å². The second-order valence-electron chi connectivity index (χ2n) is 5.69. The van der Waals surface area contributed by atoms with E-state index in [1.54, 1.807) is 4.90 Å². The molecule has 0 aromatic rings. The molecule has 21 heavy (non-hydrogen) atoms. The quantitative estimate of drug-likeness (QED) is 0.715. The zero-order valence-electron chi connectivity index (χ0n) is 13.4. The van der Waals surface area contributed by atoms with Crippen LogP contribution in [-0.2, 0) is 9.59 Å². The van der Waals surface area contributed by atoms with Crippen molar-refractivity contribution < 1.29 is 14.7 Å². The van der Waals surface area contributed by atoms with Gasteiger partial charge in [0.2, 0.25) is 5.91 Å². The Balaban J connectivity index is 2.33. The average molecular weight is 316 g/mol. The van der Waals surface area contributed by atoms with Crippen molar-refractivity contribution in [3.63, 3.8) is 0 Å². The molecule has 0 bridgehead atoms. The fraction of sp³-hybridized carbons (Fsp3) is 0.867. The average Bonchev–Trinajstić information content (AvgIpc) is 2.52. The van der Waals surface area contributed by atoms with E-state index >= 15 is 0 Å². The minimum Gasteiger partial charge on any atom is -0.481 e. The van der Waals surface area contributed by atoms with Gasteiger partial charge < -0.3 is 15.3 Å².